The second-order valence-electron chi connectivity index (χ2n) is 8.33. The lowest BCUT2D eigenvalue weighted by molar-refractivity contribution is -0.132. The van der Waals surface area contributed by atoms with Gasteiger partial charge >= 0.3 is 0 Å². The maximum atomic E-state index is 12.9. The lowest BCUT2D eigenvalue weighted by Crippen LogP contribution is -2.49. The van der Waals surface area contributed by atoms with E-state index in [4.69, 9.17) is 4.74 Å². The molecule has 2 fully saturated rings. The van der Waals surface area contributed by atoms with E-state index in [9.17, 15) is 4.79 Å². The maximum Gasteiger partial charge on any atom is 0.226 e. The predicted molar refractivity (Wildman–Crippen MR) is 113 cm³/mol. The molecular formula is C22H31N5O2. The van der Waals surface area contributed by atoms with Crippen LogP contribution in [0.1, 0.15) is 17.9 Å². The normalized spacial score (nSPS) is 21.5. The summed E-state index contributed by atoms with van der Waals surface area (Å²) in [5, 5.41) is 4.24. The van der Waals surface area contributed by atoms with Gasteiger partial charge in [-0.25, -0.2) is 0 Å². The smallest absolute Gasteiger partial charge is 0.226 e. The van der Waals surface area contributed by atoms with E-state index in [0.717, 1.165) is 50.6 Å². The monoisotopic (exact) mass is 397 g/mol. The average Bonchev–Trinajstić information content (AvgIpc) is 3.41. The maximum absolute atomic E-state index is 12.9. The van der Waals surface area contributed by atoms with Gasteiger partial charge in [0.25, 0.3) is 0 Å². The Kier molecular flexibility index (Phi) is 5.76. The molecule has 2 heterocycles. The highest BCUT2D eigenvalue weighted by atomic mass is 16.5. The number of carbonyl (C=O) groups is 1. The molecule has 1 aromatic heterocycles. The van der Waals surface area contributed by atoms with Gasteiger partial charge in [0.1, 0.15) is 12.4 Å². The van der Waals surface area contributed by atoms with E-state index in [0.29, 0.717) is 18.4 Å². The summed E-state index contributed by atoms with van der Waals surface area (Å²) in [4.78, 5) is 19.4. The molecule has 0 spiro atoms. The van der Waals surface area contributed by atoms with Crippen LogP contribution in [0.5, 0.6) is 5.75 Å². The zero-order valence-corrected chi connectivity index (χ0v) is 17.6. The van der Waals surface area contributed by atoms with Crippen LogP contribution in [0.4, 0.5) is 5.69 Å². The van der Waals surface area contributed by atoms with Crippen molar-refractivity contribution >= 4 is 11.6 Å². The van der Waals surface area contributed by atoms with E-state index in [-0.39, 0.29) is 5.92 Å². The third kappa shape index (κ3) is 4.56. The van der Waals surface area contributed by atoms with Crippen LogP contribution in [0.2, 0.25) is 0 Å². The zero-order valence-electron chi connectivity index (χ0n) is 17.6. The van der Waals surface area contributed by atoms with E-state index in [1.807, 2.05) is 61.3 Å². The number of nitrogens with zero attached hydrogens (tertiary/aromatic N) is 5. The number of piperazine rings is 1. The van der Waals surface area contributed by atoms with Crippen molar-refractivity contribution in [1.82, 2.24) is 19.6 Å². The molecule has 0 radical (unpaired) electrons. The molecule has 1 aliphatic heterocycles. The number of likely N-dealkylation sites (N-methyl/N-ethyl adjacent to an activating group) is 1. The number of rotatable bonds is 7. The van der Waals surface area contributed by atoms with Gasteiger partial charge in [0, 0.05) is 51.9 Å². The number of para-hydroxylation sites is 2. The van der Waals surface area contributed by atoms with Crippen LogP contribution in [0.15, 0.2) is 36.7 Å². The van der Waals surface area contributed by atoms with Gasteiger partial charge in [-0.15, -0.1) is 0 Å². The molecule has 2 aromatic rings. The minimum atomic E-state index is 0.132. The van der Waals surface area contributed by atoms with Crippen molar-refractivity contribution in [2.45, 2.75) is 12.3 Å². The number of hydrogen-bond acceptors (Lipinski definition) is 5. The molecule has 1 aromatic carbocycles. The number of aryl methyl sites for hydroxylation is 1. The van der Waals surface area contributed by atoms with E-state index < -0.39 is 0 Å². The second-order valence-corrected chi connectivity index (χ2v) is 8.33. The van der Waals surface area contributed by atoms with Gasteiger partial charge in [0.15, 0.2) is 0 Å². The van der Waals surface area contributed by atoms with Crippen molar-refractivity contribution in [1.29, 1.82) is 0 Å². The van der Waals surface area contributed by atoms with Crippen LogP contribution in [0.25, 0.3) is 0 Å². The number of aromatic nitrogens is 2. The van der Waals surface area contributed by atoms with Crippen LogP contribution in [0.3, 0.4) is 0 Å². The molecule has 0 N–H and O–H groups in total. The molecule has 156 valence electrons. The van der Waals surface area contributed by atoms with Crippen LogP contribution in [-0.4, -0.2) is 78.9 Å². The molecule has 1 aliphatic carbocycles. The highest BCUT2D eigenvalue weighted by Gasteiger charge is 2.46. The summed E-state index contributed by atoms with van der Waals surface area (Å²) < 4.78 is 7.83. The largest absolute Gasteiger partial charge is 0.490 e. The Balaban J connectivity index is 1.31. The molecule has 1 saturated heterocycles. The fourth-order valence-electron chi connectivity index (χ4n) is 4.05. The van der Waals surface area contributed by atoms with Gasteiger partial charge in [-0.05, 0) is 44.1 Å². The predicted octanol–water partition coefficient (Wildman–Crippen LogP) is 1.81. The van der Waals surface area contributed by atoms with Crippen LogP contribution >= 0.6 is 0 Å². The summed E-state index contributed by atoms with van der Waals surface area (Å²) in [6.45, 7) is 4.76. The quantitative estimate of drug-likeness (QED) is 0.713. The molecule has 0 bridgehead atoms. The first-order chi connectivity index (χ1) is 14.0. The third-order valence-electron chi connectivity index (χ3n) is 5.85. The van der Waals surface area contributed by atoms with E-state index in [1.165, 1.54) is 5.56 Å². The van der Waals surface area contributed by atoms with Crippen LogP contribution in [0, 0.1) is 5.92 Å². The lowest BCUT2D eigenvalue weighted by Gasteiger charge is -2.37. The number of anilines is 1. The molecule has 0 unspecified atom stereocenters. The number of carbonyl (C=O) groups excluding carboxylic acids is 1. The summed E-state index contributed by atoms with van der Waals surface area (Å²) in [5.41, 5.74) is 2.31. The van der Waals surface area contributed by atoms with Crippen molar-refractivity contribution in [3.05, 3.63) is 42.2 Å². The molecule has 7 heteroatoms. The Morgan fingerprint density at radius 1 is 1.21 bits per heavy atom. The van der Waals surface area contributed by atoms with Crippen LogP contribution in [-0.2, 0) is 11.8 Å². The highest BCUT2D eigenvalue weighted by Crippen LogP contribution is 2.48. The minimum Gasteiger partial charge on any atom is -0.490 e. The Bertz CT molecular complexity index is 841. The Morgan fingerprint density at radius 2 is 1.97 bits per heavy atom. The van der Waals surface area contributed by atoms with Gasteiger partial charge in [-0.3, -0.25) is 9.48 Å². The van der Waals surface area contributed by atoms with Crippen molar-refractivity contribution in [2.24, 2.45) is 13.0 Å². The summed E-state index contributed by atoms with van der Waals surface area (Å²) >= 11 is 0. The Morgan fingerprint density at radius 3 is 2.66 bits per heavy atom. The van der Waals surface area contributed by atoms with Crippen molar-refractivity contribution in [3.8, 4) is 5.75 Å². The van der Waals surface area contributed by atoms with E-state index in [1.54, 1.807) is 0 Å². The third-order valence-corrected chi connectivity index (χ3v) is 5.85. The first-order valence-corrected chi connectivity index (χ1v) is 10.4. The molecule has 4 rings (SSSR count). The van der Waals surface area contributed by atoms with Gasteiger partial charge < -0.3 is 19.4 Å². The van der Waals surface area contributed by atoms with E-state index in [2.05, 4.69) is 21.0 Å². The van der Waals surface area contributed by atoms with Gasteiger partial charge in [-0.1, -0.05) is 12.1 Å². The molecule has 7 nitrogen and oxygen atoms in total. The Hall–Kier alpha value is -2.54. The van der Waals surface area contributed by atoms with Crippen molar-refractivity contribution in [2.75, 3.05) is 58.3 Å². The topological polar surface area (TPSA) is 53.8 Å². The van der Waals surface area contributed by atoms with Crippen molar-refractivity contribution < 1.29 is 9.53 Å². The Labute approximate surface area is 172 Å². The average molecular weight is 398 g/mol. The number of amides is 1. The van der Waals surface area contributed by atoms with Gasteiger partial charge in [0.2, 0.25) is 5.91 Å². The zero-order chi connectivity index (χ0) is 20.4. The molecule has 2 atom stereocenters. The first kappa shape index (κ1) is 19.8. The first-order valence-electron chi connectivity index (χ1n) is 10.4. The second kappa shape index (κ2) is 8.45. The number of ether oxygens (including phenoxy) is 1. The summed E-state index contributed by atoms with van der Waals surface area (Å²) in [7, 11) is 6.01. The van der Waals surface area contributed by atoms with E-state index >= 15 is 0 Å². The highest BCUT2D eigenvalue weighted by molar-refractivity contribution is 5.83. The number of benzene rings is 1. The minimum absolute atomic E-state index is 0.132. The molecule has 29 heavy (non-hydrogen) atoms. The molecule has 1 amide bonds. The summed E-state index contributed by atoms with van der Waals surface area (Å²) in [6.07, 6.45) is 4.87. The molecule has 2 aliphatic rings. The summed E-state index contributed by atoms with van der Waals surface area (Å²) in [6, 6.07) is 8.21. The molecule has 1 saturated carbocycles. The lowest BCUT2D eigenvalue weighted by atomic mass is 10.1. The SMILES string of the molecule is CN(C)CCOc1ccccc1N1CCN(C(=O)[C@@H]2C[C@@H]2c2cnn(C)c2)CC1. The fraction of sp³-hybridized carbons (Fsp3) is 0.545. The van der Waals surface area contributed by atoms with Gasteiger partial charge in [0.05, 0.1) is 11.9 Å². The number of hydrogen-bond donors (Lipinski definition) is 0. The standard InChI is InChI=1S/C22H31N5O2/c1-24(2)12-13-29-21-7-5-4-6-20(21)26-8-10-27(11-9-26)22(28)19-14-18(19)17-15-23-25(3)16-17/h4-7,15-16,18-19H,8-14H2,1-3H3/t18-,19-/m1/s1. The summed E-state index contributed by atoms with van der Waals surface area (Å²) in [5.74, 6) is 1.70. The fourth-order valence-corrected chi connectivity index (χ4v) is 4.05. The van der Waals surface area contributed by atoms with Crippen LogP contribution < -0.4 is 9.64 Å². The van der Waals surface area contributed by atoms with Crippen molar-refractivity contribution in [3.63, 3.8) is 0 Å². The van der Waals surface area contributed by atoms with Gasteiger partial charge in [-0.2, -0.15) is 5.10 Å². The molecular weight excluding hydrogens is 366 g/mol.